The van der Waals surface area contributed by atoms with E-state index in [4.69, 9.17) is 22.7 Å². The summed E-state index contributed by atoms with van der Waals surface area (Å²) in [6.45, 7) is 3.22. The van der Waals surface area contributed by atoms with Crippen LogP contribution in [0.25, 0.3) is 0 Å². The van der Waals surface area contributed by atoms with Crippen LogP contribution < -0.4 is 15.8 Å². The molecule has 0 saturated carbocycles. The van der Waals surface area contributed by atoms with Crippen molar-refractivity contribution in [2.75, 3.05) is 12.4 Å². The Morgan fingerprint density at radius 2 is 2.11 bits per heavy atom. The highest BCUT2D eigenvalue weighted by molar-refractivity contribution is 7.80. The van der Waals surface area contributed by atoms with Gasteiger partial charge in [0.15, 0.2) is 0 Å². The normalized spacial score (nSPS) is 10.9. The maximum absolute atomic E-state index is 13.0. The van der Waals surface area contributed by atoms with E-state index in [1.165, 1.54) is 25.3 Å². The van der Waals surface area contributed by atoms with Crippen molar-refractivity contribution >= 4 is 28.8 Å². The van der Waals surface area contributed by atoms with Gasteiger partial charge in [-0.3, -0.25) is 4.79 Å². The first-order valence-electron chi connectivity index (χ1n) is 5.24. The van der Waals surface area contributed by atoms with Crippen molar-refractivity contribution in [1.82, 2.24) is 0 Å². The molecule has 4 nitrogen and oxygen atoms in total. The summed E-state index contributed by atoms with van der Waals surface area (Å²) in [5.74, 6) is -0.583. The fraction of sp³-hybridized carbons (Fsp3) is 0.333. The Labute approximate surface area is 110 Å². The van der Waals surface area contributed by atoms with Crippen molar-refractivity contribution in [3.8, 4) is 5.75 Å². The Balaban J connectivity index is 2.98. The molecular formula is C12H15FN2O2S. The molecule has 1 amide bonds. The lowest BCUT2D eigenvalue weighted by Crippen LogP contribution is -2.41. The number of methoxy groups -OCH3 is 1. The minimum atomic E-state index is -0.991. The third-order valence-electron chi connectivity index (χ3n) is 2.60. The summed E-state index contributed by atoms with van der Waals surface area (Å²) in [6, 6.07) is 3.83. The summed E-state index contributed by atoms with van der Waals surface area (Å²) >= 11 is 4.83. The van der Waals surface area contributed by atoms with Crippen LogP contribution in [0.5, 0.6) is 5.75 Å². The molecule has 18 heavy (non-hydrogen) atoms. The van der Waals surface area contributed by atoms with Gasteiger partial charge in [-0.2, -0.15) is 0 Å². The van der Waals surface area contributed by atoms with Crippen molar-refractivity contribution < 1.29 is 13.9 Å². The molecule has 0 saturated heterocycles. The van der Waals surface area contributed by atoms with Gasteiger partial charge >= 0.3 is 0 Å². The molecule has 1 aromatic rings. The van der Waals surface area contributed by atoms with Crippen LogP contribution in [0.2, 0.25) is 0 Å². The van der Waals surface area contributed by atoms with Crippen molar-refractivity contribution in [2.45, 2.75) is 13.8 Å². The summed E-state index contributed by atoms with van der Waals surface area (Å²) in [4.78, 5) is 12.1. The molecule has 6 heteroatoms. The molecule has 0 aliphatic rings. The third kappa shape index (κ3) is 2.95. The first-order chi connectivity index (χ1) is 8.28. The summed E-state index contributed by atoms with van der Waals surface area (Å²) in [6.07, 6.45) is 0. The number of hydrogen-bond acceptors (Lipinski definition) is 3. The molecule has 0 heterocycles. The average molecular weight is 270 g/mol. The van der Waals surface area contributed by atoms with Crippen molar-refractivity contribution in [3.63, 3.8) is 0 Å². The minimum absolute atomic E-state index is 0.0843. The zero-order chi connectivity index (χ0) is 13.9. The van der Waals surface area contributed by atoms with Crippen molar-refractivity contribution in [1.29, 1.82) is 0 Å². The average Bonchev–Trinajstić information content (AvgIpc) is 2.30. The molecule has 0 atom stereocenters. The number of nitrogens with two attached hydrogens (primary N) is 1. The maximum atomic E-state index is 13.0. The predicted molar refractivity (Wildman–Crippen MR) is 72.1 cm³/mol. The molecule has 1 aromatic carbocycles. The summed E-state index contributed by atoms with van der Waals surface area (Å²) in [5.41, 5.74) is 4.88. The molecule has 0 bridgehead atoms. The first kappa shape index (κ1) is 14.4. The van der Waals surface area contributed by atoms with E-state index in [1.54, 1.807) is 13.8 Å². The molecule has 0 spiro atoms. The van der Waals surface area contributed by atoms with Crippen LogP contribution in [0, 0.1) is 11.2 Å². The van der Waals surface area contributed by atoms with Gasteiger partial charge in [0.05, 0.1) is 23.2 Å². The number of halogens is 1. The Morgan fingerprint density at radius 3 is 2.61 bits per heavy atom. The van der Waals surface area contributed by atoms with E-state index in [-0.39, 0.29) is 16.6 Å². The molecule has 98 valence electrons. The molecule has 1 rings (SSSR count). The lowest BCUT2D eigenvalue weighted by molar-refractivity contribution is -0.121. The van der Waals surface area contributed by atoms with Gasteiger partial charge in [0, 0.05) is 6.07 Å². The topological polar surface area (TPSA) is 64.3 Å². The minimum Gasteiger partial charge on any atom is -0.494 e. The monoisotopic (exact) mass is 270 g/mol. The number of benzene rings is 1. The van der Waals surface area contributed by atoms with Gasteiger partial charge in [0.1, 0.15) is 11.6 Å². The molecule has 0 fully saturated rings. The van der Waals surface area contributed by atoms with Gasteiger partial charge in [0.2, 0.25) is 5.91 Å². The summed E-state index contributed by atoms with van der Waals surface area (Å²) < 4.78 is 18.0. The van der Waals surface area contributed by atoms with Gasteiger partial charge in [-0.05, 0) is 26.0 Å². The van der Waals surface area contributed by atoms with Crippen molar-refractivity contribution in [2.24, 2.45) is 11.1 Å². The van der Waals surface area contributed by atoms with Gasteiger partial charge in [-0.15, -0.1) is 0 Å². The number of hydrogen-bond donors (Lipinski definition) is 2. The highest BCUT2D eigenvalue weighted by Gasteiger charge is 2.31. The Kier molecular flexibility index (Phi) is 4.24. The van der Waals surface area contributed by atoms with Crippen LogP contribution in [0.4, 0.5) is 10.1 Å². The van der Waals surface area contributed by atoms with Crippen LogP contribution in [0.15, 0.2) is 18.2 Å². The zero-order valence-electron chi connectivity index (χ0n) is 10.4. The lowest BCUT2D eigenvalue weighted by atomic mass is 9.92. The van der Waals surface area contributed by atoms with E-state index >= 15 is 0 Å². The lowest BCUT2D eigenvalue weighted by Gasteiger charge is -2.22. The van der Waals surface area contributed by atoms with E-state index in [1.807, 2.05) is 0 Å². The van der Waals surface area contributed by atoms with E-state index in [2.05, 4.69) is 5.32 Å². The highest BCUT2D eigenvalue weighted by Crippen LogP contribution is 2.27. The van der Waals surface area contributed by atoms with Gasteiger partial charge in [-0.1, -0.05) is 12.2 Å². The molecule has 0 radical (unpaired) electrons. The second kappa shape index (κ2) is 5.30. The molecule has 0 aliphatic heterocycles. The predicted octanol–water partition coefficient (Wildman–Crippen LogP) is 2.09. The fourth-order valence-corrected chi connectivity index (χ4v) is 1.25. The van der Waals surface area contributed by atoms with Crippen LogP contribution in [0.3, 0.4) is 0 Å². The zero-order valence-corrected chi connectivity index (χ0v) is 11.2. The Hall–Kier alpha value is -1.69. The van der Waals surface area contributed by atoms with E-state index in [0.29, 0.717) is 5.69 Å². The quantitative estimate of drug-likeness (QED) is 0.822. The second-order valence-corrected chi connectivity index (χ2v) is 4.73. The van der Waals surface area contributed by atoms with Crippen LogP contribution in [-0.4, -0.2) is 18.0 Å². The maximum Gasteiger partial charge on any atom is 0.236 e. The largest absolute Gasteiger partial charge is 0.494 e. The van der Waals surface area contributed by atoms with E-state index in [0.717, 1.165) is 0 Å². The number of carbonyl (C=O) groups excluding carboxylic acids is 1. The molecule has 3 N–H and O–H groups in total. The number of ether oxygens (including phenoxy) is 1. The molecule has 0 aromatic heterocycles. The van der Waals surface area contributed by atoms with E-state index in [9.17, 15) is 9.18 Å². The van der Waals surface area contributed by atoms with Crippen LogP contribution in [0.1, 0.15) is 13.8 Å². The van der Waals surface area contributed by atoms with E-state index < -0.39 is 11.2 Å². The van der Waals surface area contributed by atoms with Crippen LogP contribution in [-0.2, 0) is 4.79 Å². The standard InChI is InChI=1S/C12H15FN2O2S/c1-12(2,10(14)18)11(16)15-8-5-4-7(13)6-9(8)17-3/h4-6H,1-3H3,(H2,14,18)(H,15,16). The van der Waals surface area contributed by atoms with Crippen LogP contribution >= 0.6 is 12.2 Å². The third-order valence-corrected chi connectivity index (χ3v) is 3.11. The molecule has 0 unspecified atom stereocenters. The summed E-state index contributed by atoms with van der Waals surface area (Å²) in [5, 5.41) is 2.61. The SMILES string of the molecule is COc1cc(F)ccc1NC(=O)C(C)(C)C(N)=S. The molecule has 0 aliphatic carbocycles. The van der Waals surface area contributed by atoms with Gasteiger partial charge in [-0.25, -0.2) is 4.39 Å². The number of nitrogens with one attached hydrogen (secondary N) is 1. The fourth-order valence-electron chi connectivity index (χ4n) is 1.16. The Bertz CT molecular complexity index is 489. The number of thiocarbonyl (C=S) groups is 1. The van der Waals surface area contributed by atoms with Crippen molar-refractivity contribution in [3.05, 3.63) is 24.0 Å². The highest BCUT2D eigenvalue weighted by atomic mass is 32.1. The van der Waals surface area contributed by atoms with Gasteiger partial charge < -0.3 is 15.8 Å². The number of carbonyl (C=O) groups is 1. The van der Waals surface area contributed by atoms with Gasteiger partial charge in [0.25, 0.3) is 0 Å². The summed E-state index contributed by atoms with van der Waals surface area (Å²) in [7, 11) is 1.39. The second-order valence-electron chi connectivity index (χ2n) is 4.29. The number of anilines is 1. The first-order valence-corrected chi connectivity index (χ1v) is 5.64. The molecular weight excluding hydrogens is 255 g/mol. The Morgan fingerprint density at radius 1 is 1.50 bits per heavy atom. The number of amides is 1. The smallest absolute Gasteiger partial charge is 0.236 e. The number of rotatable bonds is 4.